The number of rotatable bonds is 7. The van der Waals surface area contributed by atoms with Gasteiger partial charge in [0.1, 0.15) is 0 Å². The van der Waals surface area contributed by atoms with Gasteiger partial charge in [0.05, 0.1) is 13.2 Å². The van der Waals surface area contributed by atoms with E-state index in [4.69, 9.17) is 9.47 Å². The molecule has 1 atom stereocenters. The zero-order chi connectivity index (χ0) is 11.0. The highest BCUT2D eigenvalue weighted by atomic mass is 16.6. The van der Waals surface area contributed by atoms with E-state index >= 15 is 0 Å². The maximum atomic E-state index is 11.4. The van der Waals surface area contributed by atoms with Crippen LogP contribution >= 0.6 is 0 Å². The topological polar surface area (TPSA) is 35.5 Å². The molecule has 0 aliphatic carbocycles. The van der Waals surface area contributed by atoms with Crippen molar-refractivity contribution >= 4 is 5.97 Å². The van der Waals surface area contributed by atoms with Crippen LogP contribution in [0.2, 0.25) is 0 Å². The first kappa shape index (κ1) is 13.4. The summed E-state index contributed by atoms with van der Waals surface area (Å²) < 4.78 is 10.4. The monoisotopic (exact) mass is 202 g/mol. The van der Waals surface area contributed by atoms with E-state index < -0.39 is 0 Å². The summed E-state index contributed by atoms with van der Waals surface area (Å²) in [5, 5.41) is 0. The number of carbonyl (C=O) groups excluding carboxylic acids is 1. The van der Waals surface area contributed by atoms with Gasteiger partial charge >= 0.3 is 5.97 Å². The molecule has 0 aromatic rings. The second-order valence-electron chi connectivity index (χ2n) is 3.76. The minimum absolute atomic E-state index is 0.227. The Kier molecular flexibility index (Phi) is 7.48. The van der Waals surface area contributed by atoms with Gasteiger partial charge in [0, 0.05) is 0 Å². The Hall–Kier alpha value is -0.570. The summed E-state index contributed by atoms with van der Waals surface area (Å²) in [5.41, 5.74) is 0. The van der Waals surface area contributed by atoms with Gasteiger partial charge in [-0.05, 0) is 19.3 Å². The summed E-state index contributed by atoms with van der Waals surface area (Å²) in [6, 6.07) is 0. The van der Waals surface area contributed by atoms with Crippen LogP contribution < -0.4 is 0 Å². The molecule has 0 amide bonds. The largest absolute Gasteiger partial charge is 0.464 e. The molecular weight excluding hydrogens is 180 g/mol. The SMILES string of the molecule is CCCC(OCC(C)C)C(=O)OCC. The zero-order valence-electron chi connectivity index (χ0n) is 9.71. The van der Waals surface area contributed by atoms with Crippen LogP contribution in [0, 0.1) is 5.92 Å². The van der Waals surface area contributed by atoms with Gasteiger partial charge in [0.15, 0.2) is 6.10 Å². The van der Waals surface area contributed by atoms with Gasteiger partial charge in [-0.15, -0.1) is 0 Å². The average Bonchev–Trinajstić information content (AvgIpc) is 2.12. The van der Waals surface area contributed by atoms with Crippen molar-refractivity contribution < 1.29 is 14.3 Å². The van der Waals surface area contributed by atoms with E-state index in [1.165, 1.54) is 0 Å². The first-order chi connectivity index (χ1) is 6.61. The zero-order valence-corrected chi connectivity index (χ0v) is 9.71. The third kappa shape index (κ3) is 5.97. The van der Waals surface area contributed by atoms with Gasteiger partial charge in [0.25, 0.3) is 0 Å². The molecule has 14 heavy (non-hydrogen) atoms. The van der Waals surface area contributed by atoms with Crippen molar-refractivity contribution in [3.8, 4) is 0 Å². The molecule has 0 fully saturated rings. The molecule has 0 aliphatic heterocycles. The first-order valence-electron chi connectivity index (χ1n) is 5.40. The van der Waals surface area contributed by atoms with Gasteiger partial charge in [-0.3, -0.25) is 0 Å². The smallest absolute Gasteiger partial charge is 0.335 e. The van der Waals surface area contributed by atoms with Crippen molar-refractivity contribution in [2.24, 2.45) is 5.92 Å². The highest BCUT2D eigenvalue weighted by Crippen LogP contribution is 2.07. The van der Waals surface area contributed by atoms with Crippen molar-refractivity contribution in [1.29, 1.82) is 0 Å². The van der Waals surface area contributed by atoms with Crippen molar-refractivity contribution in [1.82, 2.24) is 0 Å². The fourth-order valence-corrected chi connectivity index (χ4v) is 1.08. The Balaban J connectivity index is 3.93. The molecule has 3 heteroatoms. The van der Waals surface area contributed by atoms with Gasteiger partial charge in [-0.2, -0.15) is 0 Å². The number of hydrogen-bond donors (Lipinski definition) is 0. The molecule has 0 rings (SSSR count). The lowest BCUT2D eigenvalue weighted by atomic mass is 10.2. The fourth-order valence-electron chi connectivity index (χ4n) is 1.08. The molecule has 0 aromatic carbocycles. The Morgan fingerprint density at radius 1 is 1.29 bits per heavy atom. The van der Waals surface area contributed by atoms with Gasteiger partial charge < -0.3 is 9.47 Å². The highest BCUT2D eigenvalue weighted by Gasteiger charge is 2.19. The van der Waals surface area contributed by atoms with Gasteiger partial charge in [-0.1, -0.05) is 27.2 Å². The van der Waals surface area contributed by atoms with Crippen LogP contribution in [0.25, 0.3) is 0 Å². The number of esters is 1. The summed E-state index contributed by atoms with van der Waals surface area (Å²) in [5.74, 6) is 0.221. The van der Waals surface area contributed by atoms with E-state index in [0.29, 0.717) is 19.1 Å². The summed E-state index contributed by atoms with van der Waals surface area (Å²) in [6.07, 6.45) is 1.30. The Morgan fingerprint density at radius 2 is 1.93 bits per heavy atom. The van der Waals surface area contributed by atoms with E-state index in [2.05, 4.69) is 13.8 Å². The molecule has 0 N–H and O–H groups in total. The van der Waals surface area contributed by atoms with Crippen molar-refractivity contribution in [3.05, 3.63) is 0 Å². The first-order valence-corrected chi connectivity index (χ1v) is 5.40. The molecule has 0 aliphatic rings. The van der Waals surface area contributed by atoms with E-state index in [-0.39, 0.29) is 12.1 Å². The number of ether oxygens (including phenoxy) is 2. The van der Waals surface area contributed by atoms with Crippen molar-refractivity contribution in [2.75, 3.05) is 13.2 Å². The third-order valence-electron chi connectivity index (χ3n) is 1.73. The predicted molar refractivity (Wildman–Crippen MR) is 56.1 cm³/mol. The van der Waals surface area contributed by atoms with E-state index in [1.54, 1.807) is 0 Å². The van der Waals surface area contributed by atoms with Crippen LogP contribution in [0.1, 0.15) is 40.5 Å². The van der Waals surface area contributed by atoms with Gasteiger partial charge in [0.2, 0.25) is 0 Å². The summed E-state index contributed by atoms with van der Waals surface area (Å²) >= 11 is 0. The average molecular weight is 202 g/mol. The lowest BCUT2D eigenvalue weighted by Gasteiger charge is -2.16. The third-order valence-corrected chi connectivity index (χ3v) is 1.73. The Morgan fingerprint density at radius 3 is 2.36 bits per heavy atom. The molecule has 0 saturated carbocycles. The summed E-state index contributed by atoms with van der Waals surface area (Å²) in [7, 11) is 0. The molecule has 0 saturated heterocycles. The number of carbonyl (C=O) groups is 1. The van der Waals surface area contributed by atoms with E-state index in [9.17, 15) is 4.79 Å². The lowest BCUT2D eigenvalue weighted by molar-refractivity contribution is -0.157. The minimum atomic E-state index is -0.373. The quantitative estimate of drug-likeness (QED) is 0.595. The number of hydrogen-bond acceptors (Lipinski definition) is 3. The van der Waals surface area contributed by atoms with Crippen LogP contribution in [0.4, 0.5) is 0 Å². The molecule has 0 aromatic heterocycles. The maximum Gasteiger partial charge on any atom is 0.335 e. The van der Waals surface area contributed by atoms with Crippen LogP contribution in [-0.4, -0.2) is 25.3 Å². The normalized spacial score (nSPS) is 12.9. The standard InChI is InChI=1S/C11H22O3/c1-5-7-10(11(12)13-6-2)14-8-9(3)4/h9-10H,5-8H2,1-4H3. The molecule has 3 nitrogen and oxygen atoms in total. The summed E-state index contributed by atoms with van der Waals surface area (Å²) in [4.78, 5) is 11.4. The maximum absolute atomic E-state index is 11.4. The van der Waals surface area contributed by atoms with Crippen LogP contribution in [0.3, 0.4) is 0 Å². The molecule has 0 heterocycles. The molecule has 0 bridgehead atoms. The van der Waals surface area contributed by atoms with Crippen molar-refractivity contribution in [2.45, 2.75) is 46.6 Å². The second-order valence-corrected chi connectivity index (χ2v) is 3.76. The van der Waals surface area contributed by atoms with Crippen molar-refractivity contribution in [3.63, 3.8) is 0 Å². The molecule has 0 radical (unpaired) electrons. The molecule has 0 spiro atoms. The highest BCUT2D eigenvalue weighted by molar-refractivity contribution is 5.74. The Bertz CT molecular complexity index is 155. The fraction of sp³-hybridized carbons (Fsp3) is 0.909. The van der Waals surface area contributed by atoms with Crippen LogP contribution in [0.15, 0.2) is 0 Å². The predicted octanol–water partition coefficient (Wildman–Crippen LogP) is 2.39. The van der Waals surface area contributed by atoms with E-state index in [1.807, 2.05) is 13.8 Å². The molecule has 1 unspecified atom stereocenters. The van der Waals surface area contributed by atoms with Crippen LogP contribution in [-0.2, 0) is 14.3 Å². The summed E-state index contributed by atoms with van der Waals surface area (Å²) in [6.45, 7) is 9.00. The second kappa shape index (κ2) is 7.80. The molecule has 84 valence electrons. The van der Waals surface area contributed by atoms with Crippen LogP contribution in [0.5, 0.6) is 0 Å². The minimum Gasteiger partial charge on any atom is -0.464 e. The Labute approximate surface area is 86.8 Å². The van der Waals surface area contributed by atoms with Gasteiger partial charge in [-0.25, -0.2) is 4.79 Å². The molecular formula is C11H22O3. The van der Waals surface area contributed by atoms with E-state index in [0.717, 1.165) is 12.8 Å². The lowest BCUT2D eigenvalue weighted by Crippen LogP contribution is -2.28.